The summed E-state index contributed by atoms with van der Waals surface area (Å²) in [5.41, 5.74) is 2.53. The number of nitrogens with zero attached hydrogens (tertiary/aromatic N) is 3. The van der Waals surface area contributed by atoms with Crippen molar-refractivity contribution in [1.29, 1.82) is 0 Å². The smallest absolute Gasteiger partial charge is 0.276 e. The van der Waals surface area contributed by atoms with Crippen molar-refractivity contribution >= 4 is 11.6 Å². The van der Waals surface area contributed by atoms with Gasteiger partial charge in [0, 0.05) is 12.2 Å². The van der Waals surface area contributed by atoms with Crippen molar-refractivity contribution in [3.05, 3.63) is 77.4 Å². The highest BCUT2D eigenvalue weighted by molar-refractivity contribution is 6.05. The van der Waals surface area contributed by atoms with Crippen LogP contribution in [0.4, 0.5) is 10.1 Å². The number of hydrogen-bond donors (Lipinski definition) is 0. The number of benzene rings is 2. The fourth-order valence-corrected chi connectivity index (χ4v) is 3.11. The Hall–Kier alpha value is -3.15. The summed E-state index contributed by atoms with van der Waals surface area (Å²) in [5, 5.41) is 4.45. The van der Waals surface area contributed by atoms with Crippen molar-refractivity contribution in [3.8, 4) is 5.75 Å². The number of halogens is 1. The van der Waals surface area contributed by atoms with Gasteiger partial charge >= 0.3 is 0 Å². The molecule has 2 aromatic carbocycles. The van der Waals surface area contributed by atoms with E-state index in [-0.39, 0.29) is 18.3 Å². The summed E-state index contributed by atoms with van der Waals surface area (Å²) in [5.74, 6) is 0.227. The maximum atomic E-state index is 13.7. The molecule has 1 aromatic heterocycles. The van der Waals surface area contributed by atoms with Crippen LogP contribution in [0.15, 0.2) is 54.6 Å². The molecule has 1 aliphatic heterocycles. The number of ether oxygens (including phenoxy) is 1. The fourth-order valence-electron chi connectivity index (χ4n) is 3.11. The topological polar surface area (TPSA) is 47.4 Å². The van der Waals surface area contributed by atoms with Gasteiger partial charge < -0.3 is 9.64 Å². The van der Waals surface area contributed by atoms with Gasteiger partial charge in [-0.3, -0.25) is 9.48 Å². The molecule has 26 heavy (non-hydrogen) atoms. The first-order valence-electron chi connectivity index (χ1n) is 8.44. The molecule has 0 aliphatic carbocycles. The molecular weight excluding hydrogens is 333 g/mol. The SMILES string of the molecule is Cc1cc(F)cc(N2CCn3nc(COc4ccccc4)cc3C2=O)c1. The van der Waals surface area contributed by atoms with Crippen LogP contribution in [0, 0.1) is 12.7 Å². The summed E-state index contributed by atoms with van der Waals surface area (Å²) in [6.07, 6.45) is 0. The standard InChI is InChI=1S/C20H18FN3O2/c1-14-9-15(21)11-17(10-14)23-7-8-24-19(20(23)25)12-16(22-24)13-26-18-5-3-2-4-6-18/h2-6,9-12H,7-8,13H2,1H3. The van der Waals surface area contributed by atoms with Crippen LogP contribution in [0.2, 0.25) is 0 Å². The Bertz CT molecular complexity index is 933. The second kappa shape index (κ2) is 6.63. The normalized spacial score (nSPS) is 13.6. The molecule has 6 heteroatoms. The highest BCUT2D eigenvalue weighted by Crippen LogP contribution is 2.24. The molecule has 0 spiro atoms. The zero-order valence-corrected chi connectivity index (χ0v) is 14.4. The minimum Gasteiger partial charge on any atom is -0.487 e. The van der Waals surface area contributed by atoms with E-state index in [9.17, 15) is 9.18 Å². The lowest BCUT2D eigenvalue weighted by molar-refractivity contribution is 0.0962. The maximum Gasteiger partial charge on any atom is 0.276 e. The summed E-state index contributed by atoms with van der Waals surface area (Å²) < 4.78 is 21.1. The summed E-state index contributed by atoms with van der Waals surface area (Å²) >= 11 is 0. The van der Waals surface area contributed by atoms with E-state index >= 15 is 0 Å². The predicted molar refractivity (Wildman–Crippen MR) is 95.8 cm³/mol. The van der Waals surface area contributed by atoms with Crippen LogP contribution in [0.3, 0.4) is 0 Å². The molecular formula is C20H18FN3O2. The highest BCUT2D eigenvalue weighted by atomic mass is 19.1. The Morgan fingerprint density at radius 2 is 1.92 bits per heavy atom. The average Bonchev–Trinajstić information content (AvgIpc) is 3.04. The van der Waals surface area contributed by atoms with Crippen molar-refractivity contribution in [3.63, 3.8) is 0 Å². The molecule has 1 aliphatic rings. The van der Waals surface area contributed by atoms with Gasteiger partial charge in [-0.15, -0.1) is 0 Å². The van der Waals surface area contributed by atoms with Crippen molar-refractivity contribution in [2.45, 2.75) is 20.1 Å². The van der Waals surface area contributed by atoms with Crippen LogP contribution in [0.1, 0.15) is 21.7 Å². The molecule has 0 saturated heterocycles. The van der Waals surface area contributed by atoms with Crippen LogP contribution in [0.25, 0.3) is 0 Å². The van der Waals surface area contributed by atoms with Gasteiger partial charge in [0.15, 0.2) is 0 Å². The Balaban J connectivity index is 1.54. The van der Waals surface area contributed by atoms with Crippen LogP contribution in [0.5, 0.6) is 5.75 Å². The summed E-state index contributed by atoms with van der Waals surface area (Å²) in [6.45, 7) is 3.11. The second-order valence-corrected chi connectivity index (χ2v) is 6.29. The van der Waals surface area contributed by atoms with Crippen molar-refractivity contribution in [1.82, 2.24) is 9.78 Å². The number of rotatable bonds is 4. The molecule has 5 nitrogen and oxygen atoms in total. The number of fused-ring (bicyclic) bond motifs is 1. The maximum absolute atomic E-state index is 13.7. The predicted octanol–water partition coefficient (Wildman–Crippen LogP) is 3.57. The van der Waals surface area contributed by atoms with E-state index in [0.717, 1.165) is 11.3 Å². The third-order valence-electron chi connectivity index (χ3n) is 4.30. The van der Waals surface area contributed by atoms with Gasteiger partial charge in [-0.1, -0.05) is 18.2 Å². The van der Waals surface area contributed by atoms with Crippen LogP contribution in [-0.4, -0.2) is 22.2 Å². The largest absolute Gasteiger partial charge is 0.487 e. The lowest BCUT2D eigenvalue weighted by atomic mass is 10.1. The van der Waals surface area contributed by atoms with Crippen molar-refractivity contribution in [2.24, 2.45) is 0 Å². The summed E-state index contributed by atoms with van der Waals surface area (Å²) in [4.78, 5) is 14.4. The lowest BCUT2D eigenvalue weighted by Crippen LogP contribution is -2.40. The van der Waals surface area contributed by atoms with E-state index < -0.39 is 0 Å². The molecule has 0 bridgehead atoms. The first-order valence-corrected chi connectivity index (χ1v) is 8.44. The van der Waals surface area contributed by atoms with Crippen molar-refractivity contribution in [2.75, 3.05) is 11.4 Å². The quantitative estimate of drug-likeness (QED) is 0.722. The number of amides is 1. The third kappa shape index (κ3) is 3.18. The minimum atomic E-state index is -0.344. The van der Waals surface area contributed by atoms with E-state index in [1.54, 1.807) is 15.6 Å². The lowest BCUT2D eigenvalue weighted by Gasteiger charge is -2.27. The summed E-state index contributed by atoms with van der Waals surface area (Å²) in [7, 11) is 0. The molecule has 2 heterocycles. The van der Waals surface area contributed by atoms with Gasteiger partial charge in [-0.2, -0.15) is 5.10 Å². The average molecular weight is 351 g/mol. The minimum absolute atomic E-state index is 0.181. The number of anilines is 1. The number of carbonyl (C=O) groups is 1. The Kier molecular flexibility index (Phi) is 4.16. The molecule has 4 rings (SSSR count). The number of carbonyl (C=O) groups excluding carboxylic acids is 1. The van der Waals surface area contributed by atoms with Gasteiger partial charge in [0.1, 0.15) is 29.6 Å². The zero-order chi connectivity index (χ0) is 18.1. The summed E-state index contributed by atoms with van der Waals surface area (Å²) in [6, 6.07) is 15.8. The number of para-hydroxylation sites is 1. The number of aromatic nitrogens is 2. The van der Waals surface area contributed by atoms with E-state index in [1.165, 1.54) is 12.1 Å². The van der Waals surface area contributed by atoms with Gasteiger partial charge in [0.25, 0.3) is 5.91 Å². The molecule has 0 atom stereocenters. The van der Waals surface area contributed by atoms with E-state index in [0.29, 0.717) is 30.2 Å². The first kappa shape index (κ1) is 16.3. The Labute approximate surface area is 150 Å². The van der Waals surface area contributed by atoms with Gasteiger partial charge in [0.2, 0.25) is 0 Å². The highest BCUT2D eigenvalue weighted by Gasteiger charge is 2.28. The zero-order valence-electron chi connectivity index (χ0n) is 14.4. The molecule has 1 amide bonds. The molecule has 0 N–H and O–H groups in total. The van der Waals surface area contributed by atoms with Crippen molar-refractivity contribution < 1.29 is 13.9 Å². The Morgan fingerprint density at radius 1 is 1.12 bits per heavy atom. The third-order valence-corrected chi connectivity index (χ3v) is 4.30. The fraction of sp³-hybridized carbons (Fsp3) is 0.200. The number of hydrogen-bond acceptors (Lipinski definition) is 3. The molecule has 3 aromatic rings. The second-order valence-electron chi connectivity index (χ2n) is 6.29. The molecule has 0 unspecified atom stereocenters. The van der Waals surface area contributed by atoms with E-state index in [1.807, 2.05) is 43.3 Å². The van der Waals surface area contributed by atoms with Gasteiger partial charge in [-0.05, 0) is 48.9 Å². The van der Waals surface area contributed by atoms with E-state index in [2.05, 4.69) is 5.10 Å². The van der Waals surface area contributed by atoms with Crippen LogP contribution >= 0.6 is 0 Å². The molecule has 0 fully saturated rings. The first-order chi connectivity index (χ1) is 12.6. The van der Waals surface area contributed by atoms with Gasteiger partial charge in [0.05, 0.1) is 6.54 Å². The number of aryl methyl sites for hydroxylation is 1. The van der Waals surface area contributed by atoms with Gasteiger partial charge in [-0.25, -0.2) is 4.39 Å². The molecule has 0 saturated carbocycles. The van der Waals surface area contributed by atoms with E-state index in [4.69, 9.17) is 4.74 Å². The monoisotopic (exact) mass is 351 g/mol. The molecule has 0 radical (unpaired) electrons. The van der Waals surface area contributed by atoms with Crippen LogP contribution in [-0.2, 0) is 13.2 Å². The van der Waals surface area contributed by atoms with Crippen LogP contribution < -0.4 is 9.64 Å². The molecule has 132 valence electrons. The Morgan fingerprint density at radius 3 is 2.69 bits per heavy atom.